The zero-order chi connectivity index (χ0) is 14.4. The maximum absolute atomic E-state index is 12.7. The third-order valence-corrected chi connectivity index (χ3v) is 2.46. The number of nitrogens with zero attached hydrogens (tertiary/aromatic N) is 2. The summed E-state index contributed by atoms with van der Waals surface area (Å²) in [4.78, 5) is 14.2. The van der Waals surface area contributed by atoms with Gasteiger partial charge >= 0.3 is 5.69 Å². The summed E-state index contributed by atoms with van der Waals surface area (Å²) in [5.74, 6) is 0.392. The highest BCUT2D eigenvalue weighted by molar-refractivity contribution is 5.54. The van der Waals surface area contributed by atoms with Gasteiger partial charge in [-0.25, -0.2) is 9.37 Å². The Balaban J connectivity index is 1.84. The maximum Gasteiger partial charge on any atom is 0.311 e. The fourth-order valence-corrected chi connectivity index (χ4v) is 1.55. The molecule has 104 valence electrons. The van der Waals surface area contributed by atoms with Gasteiger partial charge in [-0.2, -0.15) is 0 Å². The summed E-state index contributed by atoms with van der Waals surface area (Å²) in [5.41, 5.74) is -0.0886. The summed E-state index contributed by atoms with van der Waals surface area (Å²) < 4.78 is 18.0. The van der Waals surface area contributed by atoms with E-state index >= 15 is 0 Å². The highest BCUT2D eigenvalue weighted by atomic mass is 19.1. The van der Waals surface area contributed by atoms with Gasteiger partial charge in [0.1, 0.15) is 18.2 Å². The Hall–Kier alpha value is -2.70. The number of benzene rings is 1. The first-order chi connectivity index (χ1) is 9.66. The van der Waals surface area contributed by atoms with E-state index in [0.29, 0.717) is 12.3 Å². The molecule has 0 saturated carbocycles. The van der Waals surface area contributed by atoms with Crippen molar-refractivity contribution < 1.29 is 14.1 Å². The Morgan fingerprint density at radius 3 is 2.75 bits per heavy atom. The molecular weight excluding hydrogens is 265 g/mol. The number of anilines is 1. The predicted octanol–water partition coefficient (Wildman–Crippen LogP) is 2.62. The van der Waals surface area contributed by atoms with E-state index in [4.69, 9.17) is 4.74 Å². The number of pyridine rings is 1. The highest BCUT2D eigenvalue weighted by Crippen LogP contribution is 2.19. The van der Waals surface area contributed by atoms with E-state index in [1.165, 1.54) is 42.6 Å². The van der Waals surface area contributed by atoms with Crippen molar-refractivity contribution in [3.05, 3.63) is 58.5 Å². The first-order valence-corrected chi connectivity index (χ1v) is 5.88. The minimum absolute atomic E-state index is 0.0886. The van der Waals surface area contributed by atoms with Crippen molar-refractivity contribution >= 4 is 11.5 Å². The quantitative estimate of drug-likeness (QED) is 0.499. The van der Waals surface area contributed by atoms with Crippen molar-refractivity contribution in [2.45, 2.75) is 0 Å². The summed E-state index contributed by atoms with van der Waals surface area (Å²) in [6, 6.07) is 8.49. The third-order valence-electron chi connectivity index (χ3n) is 2.46. The maximum atomic E-state index is 12.7. The fraction of sp³-hybridized carbons (Fsp3) is 0.154. The molecule has 0 spiro atoms. The number of rotatable bonds is 6. The minimum Gasteiger partial charge on any atom is -0.492 e. The molecule has 20 heavy (non-hydrogen) atoms. The van der Waals surface area contributed by atoms with Crippen molar-refractivity contribution in [1.82, 2.24) is 4.98 Å². The number of nitrogens with one attached hydrogen (secondary N) is 1. The number of aromatic nitrogens is 1. The van der Waals surface area contributed by atoms with Crippen LogP contribution in [0.25, 0.3) is 0 Å². The molecule has 0 bridgehead atoms. The molecule has 0 amide bonds. The van der Waals surface area contributed by atoms with Crippen LogP contribution in [0.1, 0.15) is 0 Å². The van der Waals surface area contributed by atoms with Crippen LogP contribution in [0.15, 0.2) is 42.6 Å². The molecule has 0 atom stereocenters. The van der Waals surface area contributed by atoms with Crippen molar-refractivity contribution in [3.8, 4) is 5.75 Å². The van der Waals surface area contributed by atoms with Gasteiger partial charge in [0.25, 0.3) is 0 Å². The number of nitro groups is 1. The first kappa shape index (κ1) is 13.7. The molecular formula is C13H12FN3O3. The second-order valence-electron chi connectivity index (χ2n) is 3.86. The van der Waals surface area contributed by atoms with Crippen LogP contribution in [0.5, 0.6) is 5.75 Å². The summed E-state index contributed by atoms with van der Waals surface area (Å²) in [6.45, 7) is 0.620. The van der Waals surface area contributed by atoms with E-state index in [2.05, 4.69) is 10.3 Å². The molecule has 0 unspecified atom stereocenters. The third kappa shape index (κ3) is 3.64. The summed E-state index contributed by atoms with van der Waals surface area (Å²) >= 11 is 0. The summed E-state index contributed by atoms with van der Waals surface area (Å²) in [7, 11) is 0. The second kappa shape index (κ2) is 6.46. The Kier molecular flexibility index (Phi) is 4.43. The molecule has 7 heteroatoms. The average molecular weight is 277 g/mol. The number of halogens is 1. The molecule has 6 nitrogen and oxygen atoms in total. The lowest BCUT2D eigenvalue weighted by molar-refractivity contribution is -0.384. The molecule has 1 N–H and O–H groups in total. The molecule has 0 saturated heterocycles. The van der Waals surface area contributed by atoms with Crippen LogP contribution >= 0.6 is 0 Å². The van der Waals surface area contributed by atoms with Crippen molar-refractivity contribution in [2.75, 3.05) is 18.5 Å². The molecule has 2 rings (SSSR count). The van der Waals surface area contributed by atoms with Gasteiger partial charge in [-0.05, 0) is 30.3 Å². The Morgan fingerprint density at radius 1 is 1.30 bits per heavy atom. The lowest BCUT2D eigenvalue weighted by Crippen LogP contribution is -2.13. The van der Waals surface area contributed by atoms with E-state index < -0.39 is 4.92 Å². The van der Waals surface area contributed by atoms with Crippen LogP contribution in [0.4, 0.5) is 15.9 Å². The molecule has 0 radical (unpaired) electrons. The second-order valence-corrected chi connectivity index (χ2v) is 3.86. The minimum atomic E-state index is -0.504. The summed E-state index contributed by atoms with van der Waals surface area (Å²) in [5, 5.41) is 13.6. The fourth-order valence-electron chi connectivity index (χ4n) is 1.55. The Bertz CT molecular complexity index is 590. The molecule has 1 aromatic carbocycles. The first-order valence-electron chi connectivity index (χ1n) is 5.88. The molecule has 0 fully saturated rings. The Labute approximate surface area is 114 Å². The van der Waals surface area contributed by atoms with Crippen LogP contribution in [0, 0.1) is 15.9 Å². The SMILES string of the molecule is O=[N+]([O-])c1cccnc1NCCOc1ccc(F)cc1. The van der Waals surface area contributed by atoms with E-state index in [1.54, 1.807) is 0 Å². The summed E-state index contributed by atoms with van der Waals surface area (Å²) in [6.07, 6.45) is 1.47. The van der Waals surface area contributed by atoms with Gasteiger partial charge in [0, 0.05) is 12.3 Å². The monoisotopic (exact) mass is 277 g/mol. The van der Waals surface area contributed by atoms with Gasteiger partial charge in [0.15, 0.2) is 0 Å². The predicted molar refractivity (Wildman–Crippen MR) is 71.3 cm³/mol. The van der Waals surface area contributed by atoms with Crippen LogP contribution < -0.4 is 10.1 Å². The van der Waals surface area contributed by atoms with E-state index in [-0.39, 0.29) is 23.9 Å². The molecule has 0 aliphatic heterocycles. The van der Waals surface area contributed by atoms with Gasteiger partial charge in [-0.15, -0.1) is 0 Å². The molecule has 0 aliphatic rings. The zero-order valence-electron chi connectivity index (χ0n) is 10.5. The van der Waals surface area contributed by atoms with Crippen LogP contribution in [0.3, 0.4) is 0 Å². The number of ether oxygens (including phenoxy) is 1. The lowest BCUT2D eigenvalue weighted by atomic mass is 10.3. The average Bonchev–Trinajstić information content (AvgIpc) is 2.46. The van der Waals surface area contributed by atoms with E-state index in [0.717, 1.165) is 0 Å². The lowest BCUT2D eigenvalue weighted by Gasteiger charge is -2.08. The highest BCUT2D eigenvalue weighted by Gasteiger charge is 2.12. The Morgan fingerprint density at radius 2 is 2.05 bits per heavy atom. The largest absolute Gasteiger partial charge is 0.492 e. The normalized spacial score (nSPS) is 10.1. The van der Waals surface area contributed by atoms with Gasteiger partial charge in [0.05, 0.1) is 11.5 Å². The van der Waals surface area contributed by atoms with Crippen molar-refractivity contribution in [1.29, 1.82) is 0 Å². The van der Waals surface area contributed by atoms with Gasteiger partial charge in [-0.1, -0.05) is 0 Å². The molecule has 1 aromatic heterocycles. The molecule has 2 aromatic rings. The van der Waals surface area contributed by atoms with Crippen LogP contribution in [0.2, 0.25) is 0 Å². The van der Waals surface area contributed by atoms with Gasteiger partial charge in [-0.3, -0.25) is 10.1 Å². The van der Waals surface area contributed by atoms with Crippen LogP contribution in [-0.2, 0) is 0 Å². The van der Waals surface area contributed by atoms with E-state index in [9.17, 15) is 14.5 Å². The van der Waals surface area contributed by atoms with Crippen molar-refractivity contribution in [2.24, 2.45) is 0 Å². The number of hydrogen-bond donors (Lipinski definition) is 1. The molecule has 1 heterocycles. The van der Waals surface area contributed by atoms with Crippen LogP contribution in [-0.4, -0.2) is 23.1 Å². The standard InChI is InChI=1S/C13H12FN3O3/c14-10-3-5-11(6-4-10)20-9-8-16-13-12(17(18)19)2-1-7-15-13/h1-7H,8-9H2,(H,15,16). The molecule has 0 aliphatic carbocycles. The number of hydrogen-bond acceptors (Lipinski definition) is 5. The topological polar surface area (TPSA) is 77.3 Å². The van der Waals surface area contributed by atoms with Gasteiger partial charge < -0.3 is 10.1 Å². The van der Waals surface area contributed by atoms with E-state index in [1.807, 2.05) is 0 Å². The smallest absolute Gasteiger partial charge is 0.311 e. The van der Waals surface area contributed by atoms with Gasteiger partial charge in [0.2, 0.25) is 5.82 Å². The zero-order valence-corrected chi connectivity index (χ0v) is 10.5. The van der Waals surface area contributed by atoms with Crippen molar-refractivity contribution in [3.63, 3.8) is 0 Å².